The maximum absolute atomic E-state index is 9.67. The van der Waals surface area contributed by atoms with Gasteiger partial charge in [-0.2, -0.15) is 8.42 Å². The molecule has 0 aromatic rings. The Hall–Kier alpha value is -0.860. The van der Waals surface area contributed by atoms with E-state index in [0.29, 0.717) is 0 Å². The predicted molar refractivity (Wildman–Crippen MR) is 26.6 cm³/mol. The smallest absolute Gasteiger partial charge is 0.450 e. The summed E-state index contributed by atoms with van der Waals surface area (Å²) in [6.07, 6.45) is -1.69. The Labute approximate surface area is 56.1 Å². The highest BCUT2D eigenvalue weighted by atomic mass is 32.3. The molecule has 0 aliphatic carbocycles. The molecule has 0 aliphatic heterocycles. The molecule has 60 valence electrons. The summed E-state index contributed by atoms with van der Waals surface area (Å²) < 4.78 is 34.2. The summed E-state index contributed by atoms with van der Waals surface area (Å²) in [7, 11) is -4.61. The van der Waals surface area contributed by atoms with Gasteiger partial charge in [0.2, 0.25) is 6.79 Å². The molecule has 2 N–H and O–H groups in total. The summed E-state index contributed by atoms with van der Waals surface area (Å²) in [4.78, 5) is 9.51. The second-order valence-electron chi connectivity index (χ2n) is 1.07. The van der Waals surface area contributed by atoms with Crippen LogP contribution >= 0.6 is 0 Å². The fourth-order valence-corrected chi connectivity index (χ4v) is 0.305. The molecular formula is C2H4O7S. The second kappa shape index (κ2) is 3.34. The number of carbonyl (C=O) groups is 1. The number of hydrogen-bond acceptors (Lipinski definition) is 5. The minimum Gasteiger partial charge on any atom is -0.450 e. The van der Waals surface area contributed by atoms with Crippen LogP contribution in [0.5, 0.6) is 0 Å². The van der Waals surface area contributed by atoms with Crippen molar-refractivity contribution in [2.45, 2.75) is 0 Å². The lowest BCUT2D eigenvalue weighted by Crippen LogP contribution is -2.10. The molecule has 7 nitrogen and oxygen atoms in total. The molecule has 0 atom stereocenters. The van der Waals surface area contributed by atoms with Crippen LogP contribution in [-0.2, 0) is 19.3 Å². The van der Waals surface area contributed by atoms with Crippen molar-refractivity contribution in [1.82, 2.24) is 0 Å². The summed E-state index contributed by atoms with van der Waals surface area (Å²) in [6.45, 7) is -1.05. The Morgan fingerprint density at radius 2 is 2.00 bits per heavy atom. The Morgan fingerprint density at radius 1 is 1.50 bits per heavy atom. The van der Waals surface area contributed by atoms with E-state index in [1.807, 2.05) is 0 Å². The normalized spacial score (nSPS) is 10.9. The second-order valence-corrected chi connectivity index (χ2v) is 2.16. The number of hydrogen-bond donors (Lipinski definition) is 2. The zero-order valence-electron chi connectivity index (χ0n) is 4.55. The first-order valence-corrected chi connectivity index (χ1v) is 3.26. The average molecular weight is 172 g/mol. The summed E-state index contributed by atoms with van der Waals surface area (Å²) in [5, 5.41) is 7.73. The van der Waals surface area contributed by atoms with Crippen molar-refractivity contribution in [1.29, 1.82) is 0 Å². The number of ether oxygens (including phenoxy) is 1. The van der Waals surface area contributed by atoms with Crippen molar-refractivity contribution < 1.29 is 31.8 Å². The van der Waals surface area contributed by atoms with Crippen LogP contribution in [0.1, 0.15) is 0 Å². The molecule has 0 bridgehead atoms. The van der Waals surface area contributed by atoms with E-state index in [4.69, 9.17) is 9.66 Å². The summed E-state index contributed by atoms with van der Waals surface area (Å²) >= 11 is 0. The van der Waals surface area contributed by atoms with Crippen molar-refractivity contribution in [2.24, 2.45) is 0 Å². The number of carboxylic acid groups (broad SMARTS) is 1. The van der Waals surface area contributed by atoms with Gasteiger partial charge in [0.05, 0.1) is 0 Å². The zero-order chi connectivity index (χ0) is 8.20. The molecule has 0 aliphatic rings. The average Bonchev–Trinajstić information content (AvgIpc) is 1.59. The fourth-order valence-electron chi connectivity index (χ4n) is 0.135. The summed E-state index contributed by atoms with van der Waals surface area (Å²) in [6, 6.07) is 0. The molecule has 10 heavy (non-hydrogen) atoms. The molecule has 0 amide bonds. The van der Waals surface area contributed by atoms with Gasteiger partial charge >= 0.3 is 16.6 Å². The molecule has 0 unspecified atom stereocenters. The molecule has 8 heteroatoms. The standard InChI is InChI=1S/C2H4O7S/c3-2(4)8-1-9-10(5,6)7/h1H2,(H,3,4)(H,5,6,7). The quantitative estimate of drug-likeness (QED) is 0.334. The third-order valence-corrected chi connectivity index (χ3v) is 0.774. The predicted octanol–water partition coefficient (Wildman–Crippen LogP) is -0.542. The zero-order valence-corrected chi connectivity index (χ0v) is 5.37. The topological polar surface area (TPSA) is 110 Å². The van der Waals surface area contributed by atoms with Gasteiger partial charge in [0.15, 0.2) is 0 Å². The highest BCUT2D eigenvalue weighted by Crippen LogP contribution is 1.86. The lowest BCUT2D eigenvalue weighted by Gasteiger charge is -1.96. The SMILES string of the molecule is O=C(O)OCOS(=O)(=O)O. The van der Waals surface area contributed by atoms with E-state index in [2.05, 4.69) is 8.92 Å². The van der Waals surface area contributed by atoms with Gasteiger partial charge in [0.25, 0.3) is 0 Å². The van der Waals surface area contributed by atoms with Gasteiger partial charge in [-0.05, 0) is 0 Å². The monoisotopic (exact) mass is 172 g/mol. The van der Waals surface area contributed by atoms with E-state index < -0.39 is 23.3 Å². The minimum atomic E-state index is -4.61. The van der Waals surface area contributed by atoms with Gasteiger partial charge in [0.1, 0.15) is 0 Å². The molecule has 0 radical (unpaired) electrons. The van der Waals surface area contributed by atoms with Crippen LogP contribution in [0.15, 0.2) is 0 Å². The van der Waals surface area contributed by atoms with Gasteiger partial charge < -0.3 is 9.84 Å². The van der Waals surface area contributed by atoms with Crippen molar-refractivity contribution in [3.8, 4) is 0 Å². The maximum Gasteiger partial charge on any atom is 0.507 e. The maximum atomic E-state index is 9.67. The van der Waals surface area contributed by atoms with Crippen LogP contribution in [-0.4, -0.2) is 31.0 Å². The lowest BCUT2D eigenvalue weighted by molar-refractivity contribution is 0.0244. The third kappa shape index (κ3) is 7.14. The highest BCUT2D eigenvalue weighted by molar-refractivity contribution is 7.80. The summed E-state index contributed by atoms with van der Waals surface area (Å²) in [5.74, 6) is 0. The molecule has 0 spiro atoms. The van der Waals surface area contributed by atoms with Gasteiger partial charge in [-0.25, -0.2) is 8.98 Å². The van der Waals surface area contributed by atoms with Gasteiger partial charge in [0, 0.05) is 0 Å². The van der Waals surface area contributed by atoms with E-state index in [0.717, 1.165) is 0 Å². The summed E-state index contributed by atoms with van der Waals surface area (Å²) in [5.41, 5.74) is 0. The highest BCUT2D eigenvalue weighted by Gasteiger charge is 2.05. The molecule has 0 aromatic heterocycles. The van der Waals surface area contributed by atoms with Crippen LogP contribution in [0.3, 0.4) is 0 Å². The van der Waals surface area contributed by atoms with Crippen LogP contribution in [0.25, 0.3) is 0 Å². The fraction of sp³-hybridized carbons (Fsp3) is 0.500. The van der Waals surface area contributed by atoms with Gasteiger partial charge in [-0.3, -0.25) is 4.55 Å². The van der Waals surface area contributed by atoms with Gasteiger partial charge in [-0.15, -0.1) is 0 Å². The molecule has 0 aromatic carbocycles. The van der Waals surface area contributed by atoms with E-state index in [1.54, 1.807) is 0 Å². The van der Waals surface area contributed by atoms with Crippen molar-refractivity contribution in [3.05, 3.63) is 0 Å². The van der Waals surface area contributed by atoms with Crippen molar-refractivity contribution in [3.63, 3.8) is 0 Å². The van der Waals surface area contributed by atoms with E-state index in [1.165, 1.54) is 0 Å². The lowest BCUT2D eigenvalue weighted by atomic mass is 11.3. The first-order chi connectivity index (χ1) is 4.42. The molecule has 0 saturated carbocycles. The van der Waals surface area contributed by atoms with Crippen molar-refractivity contribution >= 4 is 16.6 Å². The number of rotatable bonds is 3. The Morgan fingerprint density at radius 3 is 2.30 bits per heavy atom. The third-order valence-electron chi connectivity index (χ3n) is 0.379. The van der Waals surface area contributed by atoms with Gasteiger partial charge in [-0.1, -0.05) is 0 Å². The molecule has 0 saturated heterocycles. The molecular weight excluding hydrogens is 168 g/mol. The first-order valence-electron chi connectivity index (χ1n) is 1.89. The Bertz CT molecular complexity index is 202. The van der Waals surface area contributed by atoms with Crippen LogP contribution < -0.4 is 0 Å². The first kappa shape index (κ1) is 9.14. The molecule has 0 fully saturated rings. The largest absolute Gasteiger partial charge is 0.507 e. The molecule has 0 heterocycles. The van der Waals surface area contributed by atoms with E-state index in [-0.39, 0.29) is 0 Å². The van der Waals surface area contributed by atoms with Crippen LogP contribution in [0.2, 0.25) is 0 Å². The van der Waals surface area contributed by atoms with E-state index in [9.17, 15) is 13.2 Å². The minimum absolute atomic E-state index is 1.05. The Balaban J connectivity index is 3.49. The van der Waals surface area contributed by atoms with Crippen molar-refractivity contribution in [2.75, 3.05) is 6.79 Å². The van der Waals surface area contributed by atoms with Crippen LogP contribution in [0, 0.1) is 0 Å². The van der Waals surface area contributed by atoms with E-state index >= 15 is 0 Å². The Kier molecular flexibility index (Phi) is 3.06. The van der Waals surface area contributed by atoms with Crippen LogP contribution in [0.4, 0.5) is 4.79 Å². The molecule has 0 rings (SSSR count).